The van der Waals surface area contributed by atoms with Crippen LogP contribution in [-0.4, -0.2) is 28.4 Å². The lowest BCUT2D eigenvalue weighted by Gasteiger charge is -2.21. The average Bonchev–Trinajstić information content (AvgIpc) is 2.89. The second-order valence-corrected chi connectivity index (χ2v) is 5.84. The van der Waals surface area contributed by atoms with Crippen LogP contribution in [-0.2, 0) is 9.53 Å². The molecule has 1 aromatic heterocycles. The molecule has 1 amide bonds. The molecule has 5 nitrogen and oxygen atoms in total. The molecule has 22 heavy (non-hydrogen) atoms. The van der Waals surface area contributed by atoms with Crippen LogP contribution in [0.3, 0.4) is 0 Å². The van der Waals surface area contributed by atoms with Crippen molar-refractivity contribution in [2.24, 2.45) is 0 Å². The predicted octanol–water partition coefficient (Wildman–Crippen LogP) is 3.34. The molecule has 3 rings (SSSR count). The molecule has 0 saturated carbocycles. The Bertz CT molecular complexity index is 661. The number of hydrogen-bond acceptors (Lipinski definition) is 3. The highest BCUT2D eigenvalue weighted by Gasteiger charge is 2.23. The van der Waals surface area contributed by atoms with Crippen molar-refractivity contribution >= 4 is 23.3 Å². The molecule has 1 atom stereocenters. The van der Waals surface area contributed by atoms with Crippen LogP contribution in [0.15, 0.2) is 30.3 Å². The first-order valence-electron chi connectivity index (χ1n) is 7.38. The van der Waals surface area contributed by atoms with E-state index in [4.69, 9.17) is 16.3 Å². The van der Waals surface area contributed by atoms with Crippen LogP contribution in [0, 0.1) is 6.92 Å². The normalized spacial score (nSPS) is 18.2. The van der Waals surface area contributed by atoms with Gasteiger partial charge in [0.15, 0.2) is 0 Å². The molecule has 0 radical (unpaired) electrons. The third-order valence-electron chi connectivity index (χ3n) is 3.63. The number of ether oxygens (including phenoxy) is 1. The highest BCUT2D eigenvalue weighted by atomic mass is 35.5. The highest BCUT2D eigenvalue weighted by molar-refractivity contribution is 6.30. The maximum Gasteiger partial charge on any atom is 0.254 e. The van der Waals surface area contributed by atoms with E-state index in [1.54, 1.807) is 16.8 Å². The zero-order chi connectivity index (χ0) is 15.5. The van der Waals surface area contributed by atoms with E-state index in [1.807, 2.05) is 25.1 Å². The molecule has 1 unspecified atom stereocenters. The second-order valence-electron chi connectivity index (χ2n) is 5.40. The molecule has 116 valence electrons. The van der Waals surface area contributed by atoms with Crippen molar-refractivity contribution < 1.29 is 9.53 Å². The van der Waals surface area contributed by atoms with E-state index in [0.29, 0.717) is 17.4 Å². The fraction of sp³-hybridized carbons (Fsp3) is 0.375. The lowest BCUT2D eigenvalue weighted by atomic mass is 10.1. The van der Waals surface area contributed by atoms with Crippen LogP contribution in [0.25, 0.3) is 5.69 Å². The van der Waals surface area contributed by atoms with Gasteiger partial charge < -0.3 is 10.1 Å². The van der Waals surface area contributed by atoms with Gasteiger partial charge in [-0.25, -0.2) is 4.68 Å². The Kier molecular flexibility index (Phi) is 4.45. The van der Waals surface area contributed by atoms with Crippen molar-refractivity contribution in [1.29, 1.82) is 0 Å². The SMILES string of the molecule is Cc1cc(NC(=O)C2CCCCO2)n(-c2ccc(Cl)cc2)n1. The number of amides is 1. The van der Waals surface area contributed by atoms with E-state index in [0.717, 1.165) is 30.6 Å². The first kappa shape index (κ1) is 15.1. The van der Waals surface area contributed by atoms with Gasteiger partial charge in [-0.15, -0.1) is 0 Å². The largest absolute Gasteiger partial charge is 0.368 e. The van der Waals surface area contributed by atoms with Crippen molar-refractivity contribution in [3.05, 3.63) is 41.0 Å². The summed E-state index contributed by atoms with van der Waals surface area (Å²) in [6.45, 7) is 2.53. The smallest absolute Gasteiger partial charge is 0.254 e. The maximum atomic E-state index is 12.3. The summed E-state index contributed by atoms with van der Waals surface area (Å²) in [6.07, 6.45) is 2.43. The summed E-state index contributed by atoms with van der Waals surface area (Å²) in [6, 6.07) is 9.16. The lowest BCUT2D eigenvalue weighted by molar-refractivity contribution is -0.130. The monoisotopic (exact) mass is 319 g/mol. The number of rotatable bonds is 3. The van der Waals surface area contributed by atoms with Crippen LogP contribution in [0.4, 0.5) is 5.82 Å². The second kappa shape index (κ2) is 6.50. The number of benzene rings is 1. The van der Waals surface area contributed by atoms with Crippen LogP contribution in [0.1, 0.15) is 25.0 Å². The summed E-state index contributed by atoms with van der Waals surface area (Å²) in [7, 11) is 0. The Labute approximate surface area is 134 Å². The quantitative estimate of drug-likeness (QED) is 0.944. The Morgan fingerprint density at radius 2 is 2.14 bits per heavy atom. The van der Waals surface area contributed by atoms with Gasteiger partial charge in [-0.2, -0.15) is 5.10 Å². The maximum absolute atomic E-state index is 12.3. The molecule has 0 bridgehead atoms. The Morgan fingerprint density at radius 3 is 2.82 bits per heavy atom. The van der Waals surface area contributed by atoms with Crippen LogP contribution < -0.4 is 5.32 Å². The number of aryl methyl sites for hydroxylation is 1. The summed E-state index contributed by atoms with van der Waals surface area (Å²) in [4.78, 5) is 12.3. The Morgan fingerprint density at radius 1 is 1.36 bits per heavy atom. The van der Waals surface area contributed by atoms with Gasteiger partial charge in [0.25, 0.3) is 5.91 Å². The van der Waals surface area contributed by atoms with Crippen LogP contribution >= 0.6 is 11.6 Å². The van der Waals surface area contributed by atoms with Gasteiger partial charge in [0.05, 0.1) is 11.4 Å². The third kappa shape index (κ3) is 3.31. The summed E-state index contributed by atoms with van der Waals surface area (Å²) in [5, 5.41) is 8.01. The van der Waals surface area contributed by atoms with Crippen molar-refractivity contribution in [1.82, 2.24) is 9.78 Å². The molecule has 1 aliphatic heterocycles. The fourth-order valence-corrected chi connectivity index (χ4v) is 2.65. The molecule has 2 heterocycles. The fourth-order valence-electron chi connectivity index (χ4n) is 2.52. The molecular weight excluding hydrogens is 302 g/mol. The Hall–Kier alpha value is -1.85. The minimum Gasteiger partial charge on any atom is -0.368 e. The van der Waals surface area contributed by atoms with Crippen molar-refractivity contribution in [3.8, 4) is 5.69 Å². The van der Waals surface area contributed by atoms with E-state index in [1.165, 1.54) is 0 Å². The van der Waals surface area contributed by atoms with Crippen molar-refractivity contribution in [2.45, 2.75) is 32.3 Å². The Balaban J connectivity index is 1.81. The van der Waals surface area contributed by atoms with Gasteiger partial charge >= 0.3 is 0 Å². The average molecular weight is 320 g/mol. The minimum atomic E-state index is -0.373. The number of hydrogen-bond donors (Lipinski definition) is 1. The highest BCUT2D eigenvalue weighted by Crippen LogP contribution is 2.21. The summed E-state index contributed by atoms with van der Waals surface area (Å²) >= 11 is 5.91. The first-order chi connectivity index (χ1) is 10.6. The number of halogens is 1. The van der Waals surface area contributed by atoms with Crippen LogP contribution in [0.2, 0.25) is 5.02 Å². The molecule has 1 aliphatic rings. The molecule has 0 spiro atoms. The van der Waals surface area contributed by atoms with Gasteiger partial charge in [-0.1, -0.05) is 11.6 Å². The number of nitrogens with zero attached hydrogens (tertiary/aromatic N) is 2. The zero-order valence-corrected chi connectivity index (χ0v) is 13.1. The van der Waals surface area contributed by atoms with Crippen molar-refractivity contribution in [3.63, 3.8) is 0 Å². The third-order valence-corrected chi connectivity index (χ3v) is 3.88. The van der Waals surface area contributed by atoms with Gasteiger partial charge in [0.1, 0.15) is 11.9 Å². The van der Waals surface area contributed by atoms with E-state index < -0.39 is 0 Å². The zero-order valence-electron chi connectivity index (χ0n) is 12.4. The number of nitrogens with one attached hydrogen (secondary N) is 1. The van der Waals surface area contributed by atoms with Crippen LogP contribution in [0.5, 0.6) is 0 Å². The van der Waals surface area contributed by atoms with Gasteiger partial charge in [0.2, 0.25) is 0 Å². The van der Waals surface area contributed by atoms with E-state index >= 15 is 0 Å². The lowest BCUT2D eigenvalue weighted by Crippen LogP contribution is -2.33. The molecule has 1 saturated heterocycles. The number of aromatic nitrogens is 2. The molecule has 0 aliphatic carbocycles. The van der Waals surface area contributed by atoms with E-state index in [9.17, 15) is 4.79 Å². The molecular formula is C16H18ClN3O2. The standard InChI is InChI=1S/C16H18ClN3O2/c1-11-10-15(18-16(21)14-4-2-3-9-22-14)20(19-11)13-7-5-12(17)6-8-13/h5-8,10,14H,2-4,9H2,1H3,(H,18,21). The summed E-state index contributed by atoms with van der Waals surface area (Å²) in [5.74, 6) is 0.522. The number of anilines is 1. The molecule has 1 N–H and O–H groups in total. The van der Waals surface area contributed by atoms with Crippen molar-refractivity contribution in [2.75, 3.05) is 11.9 Å². The predicted molar refractivity (Wildman–Crippen MR) is 85.5 cm³/mol. The number of carbonyl (C=O) groups is 1. The van der Waals surface area contributed by atoms with Gasteiger partial charge in [-0.05, 0) is 50.5 Å². The van der Waals surface area contributed by atoms with Gasteiger partial charge in [0, 0.05) is 17.7 Å². The van der Waals surface area contributed by atoms with E-state index in [-0.39, 0.29) is 12.0 Å². The summed E-state index contributed by atoms with van der Waals surface area (Å²) < 4.78 is 7.22. The first-order valence-corrected chi connectivity index (χ1v) is 7.76. The molecule has 6 heteroatoms. The molecule has 1 aromatic carbocycles. The summed E-state index contributed by atoms with van der Waals surface area (Å²) in [5.41, 5.74) is 1.67. The molecule has 2 aromatic rings. The number of carbonyl (C=O) groups excluding carboxylic acids is 1. The van der Waals surface area contributed by atoms with Gasteiger partial charge in [-0.3, -0.25) is 4.79 Å². The molecule has 1 fully saturated rings. The van der Waals surface area contributed by atoms with E-state index in [2.05, 4.69) is 10.4 Å². The minimum absolute atomic E-state index is 0.116. The topological polar surface area (TPSA) is 56.1 Å².